The molecule has 0 unspecified atom stereocenters. The Bertz CT molecular complexity index is 300. The standard InChI is InChI=1S/C14H22O3/c1-3-9-14-11(7-8-12(14)15)5-4-6-13(14)17-10-16-2/h3,11,13H,1,4-10H2,2H3/t11-,13+,14-/m1/s1. The Kier molecular flexibility index (Phi) is 4.00. The van der Waals surface area contributed by atoms with E-state index in [0.717, 1.165) is 32.1 Å². The zero-order chi connectivity index (χ0) is 12.3. The molecule has 3 nitrogen and oxygen atoms in total. The summed E-state index contributed by atoms with van der Waals surface area (Å²) in [5, 5.41) is 0. The van der Waals surface area contributed by atoms with Crippen LogP contribution in [0, 0.1) is 11.3 Å². The largest absolute Gasteiger partial charge is 0.359 e. The van der Waals surface area contributed by atoms with Gasteiger partial charge in [-0.05, 0) is 31.6 Å². The van der Waals surface area contributed by atoms with Gasteiger partial charge >= 0.3 is 0 Å². The number of carbonyl (C=O) groups is 1. The lowest BCUT2D eigenvalue weighted by Crippen LogP contribution is -2.48. The van der Waals surface area contributed by atoms with Gasteiger partial charge in [-0.15, -0.1) is 6.58 Å². The molecule has 0 spiro atoms. The van der Waals surface area contributed by atoms with E-state index in [0.29, 0.717) is 18.1 Å². The number of fused-ring (bicyclic) bond motifs is 1. The molecule has 0 aliphatic heterocycles. The van der Waals surface area contributed by atoms with Crippen LogP contribution in [0.25, 0.3) is 0 Å². The van der Waals surface area contributed by atoms with Gasteiger partial charge in [-0.3, -0.25) is 4.79 Å². The first-order chi connectivity index (χ1) is 8.25. The van der Waals surface area contributed by atoms with Gasteiger partial charge < -0.3 is 9.47 Å². The molecule has 2 rings (SSSR count). The molecule has 0 bridgehead atoms. The summed E-state index contributed by atoms with van der Waals surface area (Å²) in [7, 11) is 1.62. The van der Waals surface area contributed by atoms with Gasteiger partial charge in [-0.25, -0.2) is 0 Å². The molecule has 0 amide bonds. The van der Waals surface area contributed by atoms with Crippen molar-refractivity contribution >= 4 is 5.78 Å². The average molecular weight is 238 g/mol. The highest BCUT2D eigenvalue weighted by molar-refractivity contribution is 5.88. The molecule has 17 heavy (non-hydrogen) atoms. The van der Waals surface area contributed by atoms with Crippen LogP contribution in [0.4, 0.5) is 0 Å². The van der Waals surface area contributed by atoms with Crippen molar-refractivity contribution in [1.82, 2.24) is 0 Å². The number of ketones is 1. The van der Waals surface area contributed by atoms with Crippen LogP contribution in [-0.4, -0.2) is 25.8 Å². The van der Waals surface area contributed by atoms with Gasteiger partial charge in [0.2, 0.25) is 0 Å². The molecular weight excluding hydrogens is 216 g/mol. The molecule has 3 atom stereocenters. The lowest BCUT2D eigenvalue weighted by atomic mass is 9.64. The van der Waals surface area contributed by atoms with Crippen LogP contribution >= 0.6 is 0 Å². The molecule has 96 valence electrons. The van der Waals surface area contributed by atoms with Gasteiger partial charge in [0.15, 0.2) is 0 Å². The maximum atomic E-state index is 12.3. The van der Waals surface area contributed by atoms with Crippen molar-refractivity contribution in [1.29, 1.82) is 0 Å². The first kappa shape index (κ1) is 12.8. The number of hydrogen-bond acceptors (Lipinski definition) is 3. The first-order valence-electron chi connectivity index (χ1n) is 6.50. The van der Waals surface area contributed by atoms with Crippen LogP contribution < -0.4 is 0 Å². The van der Waals surface area contributed by atoms with Gasteiger partial charge in [-0.2, -0.15) is 0 Å². The van der Waals surface area contributed by atoms with Crippen molar-refractivity contribution in [2.75, 3.05) is 13.9 Å². The summed E-state index contributed by atoms with van der Waals surface area (Å²) in [4.78, 5) is 12.3. The summed E-state index contributed by atoms with van der Waals surface area (Å²) < 4.78 is 10.8. The summed E-state index contributed by atoms with van der Waals surface area (Å²) in [5.74, 6) is 0.867. The summed E-state index contributed by atoms with van der Waals surface area (Å²) in [5.41, 5.74) is -0.293. The molecule has 0 aromatic carbocycles. The Labute approximate surface area is 103 Å². The van der Waals surface area contributed by atoms with Crippen molar-refractivity contribution in [3.63, 3.8) is 0 Å². The minimum absolute atomic E-state index is 0.0224. The van der Waals surface area contributed by atoms with Crippen molar-refractivity contribution in [3.8, 4) is 0 Å². The first-order valence-corrected chi connectivity index (χ1v) is 6.50. The molecule has 2 aliphatic carbocycles. The van der Waals surface area contributed by atoms with Crippen LogP contribution in [0.3, 0.4) is 0 Å². The van der Waals surface area contributed by atoms with Crippen molar-refractivity contribution in [2.45, 2.75) is 44.6 Å². The number of ether oxygens (including phenoxy) is 2. The predicted molar refractivity (Wildman–Crippen MR) is 65.6 cm³/mol. The molecule has 0 N–H and O–H groups in total. The normalized spacial score (nSPS) is 36.9. The number of rotatable bonds is 5. The Hall–Kier alpha value is -0.670. The van der Waals surface area contributed by atoms with Crippen LogP contribution in [0.5, 0.6) is 0 Å². The Morgan fingerprint density at radius 3 is 3.00 bits per heavy atom. The van der Waals surface area contributed by atoms with E-state index in [4.69, 9.17) is 9.47 Å². The quantitative estimate of drug-likeness (QED) is 0.545. The third-order valence-electron chi connectivity index (χ3n) is 4.43. The maximum absolute atomic E-state index is 12.3. The third-order valence-corrected chi connectivity index (χ3v) is 4.43. The number of carbonyl (C=O) groups excluding carboxylic acids is 1. The fourth-order valence-electron chi connectivity index (χ4n) is 3.71. The predicted octanol–water partition coefficient (Wildman–Crippen LogP) is 2.70. The fourth-order valence-corrected chi connectivity index (χ4v) is 3.71. The molecule has 0 aromatic rings. The number of allylic oxidation sites excluding steroid dienone is 1. The topological polar surface area (TPSA) is 35.5 Å². The third kappa shape index (κ3) is 2.06. The fraction of sp³-hybridized carbons (Fsp3) is 0.786. The lowest BCUT2D eigenvalue weighted by Gasteiger charge is -2.43. The highest BCUT2D eigenvalue weighted by atomic mass is 16.7. The van der Waals surface area contributed by atoms with Crippen molar-refractivity contribution in [3.05, 3.63) is 12.7 Å². The van der Waals surface area contributed by atoms with E-state index < -0.39 is 0 Å². The highest BCUT2D eigenvalue weighted by Crippen LogP contribution is 2.53. The second kappa shape index (κ2) is 5.32. The van der Waals surface area contributed by atoms with Crippen LogP contribution in [0.2, 0.25) is 0 Å². The smallest absolute Gasteiger partial charge is 0.146 e. The molecule has 3 heteroatoms. The van der Waals surface area contributed by atoms with Crippen LogP contribution in [0.1, 0.15) is 38.5 Å². The second-order valence-corrected chi connectivity index (χ2v) is 5.18. The van der Waals surface area contributed by atoms with E-state index in [1.807, 2.05) is 6.08 Å². The average Bonchev–Trinajstić information content (AvgIpc) is 2.66. The SMILES string of the molecule is C=CC[C@]12C(=O)CC[C@H]1CCC[C@@H]2OCOC. The van der Waals surface area contributed by atoms with E-state index >= 15 is 0 Å². The van der Waals surface area contributed by atoms with E-state index in [1.54, 1.807) is 7.11 Å². The zero-order valence-electron chi connectivity index (χ0n) is 10.6. The highest BCUT2D eigenvalue weighted by Gasteiger charge is 2.55. The van der Waals surface area contributed by atoms with E-state index in [-0.39, 0.29) is 18.3 Å². The lowest BCUT2D eigenvalue weighted by molar-refractivity contribution is -0.160. The molecule has 0 heterocycles. The monoisotopic (exact) mass is 238 g/mol. The molecule has 0 saturated heterocycles. The number of Topliss-reactive ketones (excluding diaryl/α,β-unsaturated/α-hetero) is 1. The van der Waals surface area contributed by atoms with Crippen LogP contribution in [0.15, 0.2) is 12.7 Å². The van der Waals surface area contributed by atoms with Crippen molar-refractivity contribution < 1.29 is 14.3 Å². The maximum Gasteiger partial charge on any atom is 0.146 e. The molecule has 2 saturated carbocycles. The van der Waals surface area contributed by atoms with Gasteiger partial charge in [0.1, 0.15) is 12.6 Å². The molecule has 0 radical (unpaired) electrons. The van der Waals surface area contributed by atoms with Gasteiger partial charge in [0, 0.05) is 13.5 Å². The molecule has 2 fully saturated rings. The summed E-state index contributed by atoms with van der Waals surface area (Å²) in [6, 6.07) is 0. The van der Waals surface area contributed by atoms with E-state index in [9.17, 15) is 4.79 Å². The second-order valence-electron chi connectivity index (χ2n) is 5.18. The summed E-state index contributed by atoms with van der Waals surface area (Å²) in [6.07, 6.45) is 7.69. The Morgan fingerprint density at radius 2 is 2.29 bits per heavy atom. The van der Waals surface area contributed by atoms with Gasteiger partial charge in [-0.1, -0.05) is 12.5 Å². The Morgan fingerprint density at radius 1 is 1.47 bits per heavy atom. The van der Waals surface area contributed by atoms with E-state index in [1.165, 1.54) is 0 Å². The van der Waals surface area contributed by atoms with Gasteiger partial charge in [0.25, 0.3) is 0 Å². The summed E-state index contributed by atoms with van der Waals surface area (Å²) in [6.45, 7) is 4.10. The van der Waals surface area contributed by atoms with Crippen LogP contribution in [-0.2, 0) is 14.3 Å². The number of methoxy groups -OCH3 is 1. The van der Waals surface area contributed by atoms with E-state index in [2.05, 4.69) is 6.58 Å². The summed E-state index contributed by atoms with van der Waals surface area (Å²) >= 11 is 0. The van der Waals surface area contributed by atoms with Gasteiger partial charge in [0.05, 0.1) is 11.5 Å². The molecule has 0 aromatic heterocycles. The van der Waals surface area contributed by atoms with Crippen molar-refractivity contribution in [2.24, 2.45) is 11.3 Å². The Balaban J connectivity index is 2.22. The molecule has 2 aliphatic rings. The zero-order valence-corrected chi connectivity index (χ0v) is 10.6. The number of hydrogen-bond donors (Lipinski definition) is 0. The minimum atomic E-state index is -0.293. The molecular formula is C14H22O3. The minimum Gasteiger partial charge on any atom is -0.359 e.